The molecular weight excluding hydrogens is 264 g/mol. The predicted molar refractivity (Wildman–Crippen MR) is 62.4 cm³/mol. The summed E-state index contributed by atoms with van der Waals surface area (Å²) in [5, 5.41) is 8.49. The Bertz CT molecular complexity index is 468. The third-order valence-electron chi connectivity index (χ3n) is 2.05. The molecule has 4 nitrogen and oxygen atoms in total. The van der Waals surface area contributed by atoms with Crippen LogP contribution in [0.25, 0.3) is 0 Å². The van der Waals surface area contributed by atoms with E-state index in [1.54, 1.807) is 0 Å². The van der Waals surface area contributed by atoms with Crippen LogP contribution in [0.1, 0.15) is 0 Å². The lowest BCUT2D eigenvalue weighted by Gasteiger charge is -2.13. The zero-order valence-corrected chi connectivity index (χ0v) is 10.3. The number of hydrogen-bond donors (Lipinski definition) is 1. The molecule has 0 bridgehead atoms. The van der Waals surface area contributed by atoms with Crippen molar-refractivity contribution in [2.75, 3.05) is 19.3 Å². The van der Waals surface area contributed by atoms with Crippen LogP contribution in [0.4, 0.5) is 8.78 Å². The van der Waals surface area contributed by atoms with Crippen molar-refractivity contribution in [1.29, 1.82) is 0 Å². The van der Waals surface area contributed by atoms with Crippen molar-refractivity contribution in [1.82, 2.24) is 4.90 Å². The molecule has 0 heterocycles. The van der Waals surface area contributed by atoms with E-state index >= 15 is 0 Å². The third-order valence-corrected chi connectivity index (χ3v) is 3.03. The number of aliphatic carboxylic acids is 1. The first-order valence-electron chi connectivity index (χ1n) is 4.93. The van der Waals surface area contributed by atoms with Crippen LogP contribution in [0, 0.1) is 11.6 Å². The summed E-state index contributed by atoms with van der Waals surface area (Å²) in [7, 11) is 1.36. The van der Waals surface area contributed by atoms with Gasteiger partial charge in [-0.1, -0.05) is 0 Å². The van der Waals surface area contributed by atoms with Crippen LogP contribution in [-0.2, 0) is 9.59 Å². The third kappa shape index (κ3) is 4.33. The maximum Gasteiger partial charge on any atom is 0.323 e. The Morgan fingerprint density at radius 2 is 2.00 bits per heavy atom. The number of halogens is 2. The molecule has 1 aromatic rings. The maximum atomic E-state index is 12.9. The van der Waals surface area contributed by atoms with E-state index in [0.717, 1.165) is 28.8 Å². The summed E-state index contributed by atoms with van der Waals surface area (Å²) in [5.74, 6) is -3.47. The molecule has 1 N–H and O–H groups in total. The lowest BCUT2D eigenvalue weighted by atomic mass is 10.3. The monoisotopic (exact) mass is 275 g/mol. The smallest absolute Gasteiger partial charge is 0.323 e. The number of nitrogens with zero attached hydrogens (tertiary/aromatic N) is 1. The number of hydrogen-bond acceptors (Lipinski definition) is 3. The van der Waals surface area contributed by atoms with E-state index in [1.807, 2.05) is 0 Å². The molecule has 0 aliphatic heterocycles. The molecule has 1 aromatic carbocycles. The summed E-state index contributed by atoms with van der Waals surface area (Å²) < 4.78 is 25.5. The molecule has 98 valence electrons. The molecule has 1 amide bonds. The summed E-state index contributed by atoms with van der Waals surface area (Å²) in [4.78, 5) is 23.3. The Labute approximate surface area is 107 Å². The highest BCUT2D eigenvalue weighted by Gasteiger charge is 2.12. The molecular formula is C11H11F2NO3S. The number of carboxylic acid groups (broad SMARTS) is 1. The Morgan fingerprint density at radius 1 is 1.33 bits per heavy atom. The van der Waals surface area contributed by atoms with Gasteiger partial charge in [0, 0.05) is 11.9 Å². The van der Waals surface area contributed by atoms with Gasteiger partial charge in [-0.15, -0.1) is 11.8 Å². The maximum absolute atomic E-state index is 12.9. The molecule has 0 aromatic heterocycles. The number of amides is 1. The first kappa shape index (κ1) is 14.4. The minimum atomic E-state index is -1.11. The molecule has 0 saturated heterocycles. The fourth-order valence-electron chi connectivity index (χ4n) is 1.11. The van der Waals surface area contributed by atoms with E-state index < -0.39 is 30.1 Å². The number of rotatable bonds is 5. The molecule has 0 aliphatic carbocycles. The summed E-state index contributed by atoms with van der Waals surface area (Å²) >= 11 is 1.02. The second-order valence-corrected chi connectivity index (χ2v) is 4.56. The van der Waals surface area contributed by atoms with E-state index in [1.165, 1.54) is 13.1 Å². The summed E-state index contributed by atoms with van der Waals surface area (Å²) in [6.07, 6.45) is 0. The summed E-state index contributed by atoms with van der Waals surface area (Å²) in [5.41, 5.74) is 0. The van der Waals surface area contributed by atoms with Crippen LogP contribution in [0.3, 0.4) is 0 Å². The van der Waals surface area contributed by atoms with Gasteiger partial charge >= 0.3 is 5.97 Å². The molecule has 0 spiro atoms. The fraction of sp³-hybridized carbons (Fsp3) is 0.273. The van der Waals surface area contributed by atoms with Crippen LogP contribution in [0.15, 0.2) is 23.1 Å². The van der Waals surface area contributed by atoms with Crippen molar-refractivity contribution >= 4 is 23.6 Å². The lowest BCUT2D eigenvalue weighted by molar-refractivity contribution is -0.142. The van der Waals surface area contributed by atoms with Crippen LogP contribution in [-0.4, -0.2) is 41.2 Å². The average Bonchev–Trinajstić information content (AvgIpc) is 2.29. The summed E-state index contributed by atoms with van der Waals surface area (Å²) in [6, 6.07) is 3.32. The van der Waals surface area contributed by atoms with E-state index in [4.69, 9.17) is 5.11 Å². The molecule has 0 aliphatic rings. The van der Waals surface area contributed by atoms with Crippen molar-refractivity contribution in [2.45, 2.75) is 4.90 Å². The van der Waals surface area contributed by atoms with Gasteiger partial charge in [0.2, 0.25) is 5.91 Å². The minimum Gasteiger partial charge on any atom is -0.480 e. The second-order valence-electron chi connectivity index (χ2n) is 3.51. The van der Waals surface area contributed by atoms with Crippen molar-refractivity contribution in [2.24, 2.45) is 0 Å². The van der Waals surface area contributed by atoms with Gasteiger partial charge in [0.1, 0.15) is 6.54 Å². The Kier molecular flexibility index (Phi) is 5.08. The van der Waals surface area contributed by atoms with Gasteiger partial charge in [0.15, 0.2) is 11.6 Å². The molecule has 0 radical (unpaired) electrons. The highest BCUT2D eigenvalue weighted by Crippen LogP contribution is 2.20. The minimum absolute atomic E-state index is 0.0329. The first-order valence-corrected chi connectivity index (χ1v) is 5.92. The van der Waals surface area contributed by atoms with E-state index in [2.05, 4.69) is 0 Å². The number of carbonyl (C=O) groups is 2. The second kappa shape index (κ2) is 6.34. The average molecular weight is 275 g/mol. The van der Waals surface area contributed by atoms with Gasteiger partial charge in [0.05, 0.1) is 5.75 Å². The largest absolute Gasteiger partial charge is 0.480 e. The van der Waals surface area contributed by atoms with E-state index in [0.29, 0.717) is 4.90 Å². The first-order chi connectivity index (χ1) is 8.40. The number of likely N-dealkylation sites (N-methyl/N-ethyl adjacent to an activating group) is 1. The van der Waals surface area contributed by atoms with Crippen molar-refractivity contribution in [3.63, 3.8) is 0 Å². The topological polar surface area (TPSA) is 57.6 Å². The van der Waals surface area contributed by atoms with Gasteiger partial charge in [-0.3, -0.25) is 9.59 Å². The molecule has 0 unspecified atom stereocenters. The van der Waals surface area contributed by atoms with Gasteiger partial charge in [-0.05, 0) is 18.2 Å². The molecule has 1 rings (SSSR count). The molecule has 0 saturated carbocycles. The van der Waals surface area contributed by atoms with E-state index in [9.17, 15) is 18.4 Å². The quantitative estimate of drug-likeness (QED) is 0.829. The van der Waals surface area contributed by atoms with Gasteiger partial charge < -0.3 is 10.0 Å². The fourth-order valence-corrected chi connectivity index (χ4v) is 1.97. The standard InChI is InChI=1S/C11H11F2NO3S/c1-14(5-11(16)17)10(15)6-18-7-2-3-8(12)9(13)4-7/h2-4H,5-6H2,1H3,(H,16,17). The van der Waals surface area contributed by atoms with Crippen molar-refractivity contribution < 1.29 is 23.5 Å². The highest BCUT2D eigenvalue weighted by atomic mass is 32.2. The van der Waals surface area contributed by atoms with E-state index in [-0.39, 0.29) is 5.75 Å². The number of carboxylic acids is 1. The van der Waals surface area contributed by atoms with Crippen molar-refractivity contribution in [3.05, 3.63) is 29.8 Å². The van der Waals surface area contributed by atoms with Crippen LogP contribution < -0.4 is 0 Å². The highest BCUT2D eigenvalue weighted by molar-refractivity contribution is 8.00. The SMILES string of the molecule is CN(CC(=O)O)C(=O)CSc1ccc(F)c(F)c1. The van der Waals surface area contributed by atoms with Gasteiger partial charge in [-0.25, -0.2) is 8.78 Å². The van der Waals surface area contributed by atoms with Crippen molar-refractivity contribution in [3.8, 4) is 0 Å². The molecule has 18 heavy (non-hydrogen) atoms. The molecule has 7 heteroatoms. The van der Waals surface area contributed by atoms with Gasteiger partial charge in [0.25, 0.3) is 0 Å². The zero-order chi connectivity index (χ0) is 13.7. The van der Waals surface area contributed by atoms with Crippen LogP contribution in [0.2, 0.25) is 0 Å². The van der Waals surface area contributed by atoms with Gasteiger partial charge in [-0.2, -0.15) is 0 Å². The zero-order valence-electron chi connectivity index (χ0n) is 9.52. The number of benzene rings is 1. The Morgan fingerprint density at radius 3 is 2.56 bits per heavy atom. The lowest BCUT2D eigenvalue weighted by Crippen LogP contribution is -2.33. The van der Waals surface area contributed by atoms with Crippen LogP contribution in [0.5, 0.6) is 0 Å². The summed E-state index contributed by atoms with van der Waals surface area (Å²) in [6.45, 7) is -0.392. The number of thioether (sulfide) groups is 1. The Hall–Kier alpha value is -1.63. The van der Waals surface area contributed by atoms with Crippen LogP contribution >= 0.6 is 11.8 Å². The normalized spacial score (nSPS) is 10.2. The molecule has 0 atom stereocenters. The molecule has 0 fully saturated rings. The number of carbonyl (C=O) groups excluding carboxylic acids is 1. The predicted octanol–water partition coefficient (Wildman–Crippen LogP) is 1.60. The Balaban J connectivity index is 2.52.